The summed E-state index contributed by atoms with van der Waals surface area (Å²) in [7, 11) is 0. The average Bonchev–Trinajstić information content (AvgIpc) is 0.918. The van der Waals surface area contributed by atoms with Crippen LogP contribution in [0.5, 0.6) is 0 Å². The van der Waals surface area contributed by atoms with Gasteiger partial charge in [0.05, 0.1) is 0 Å². The zero-order chi connectivity index (χ0) is 2.71. The standard InChI is InChI=1S/Cu.O3/c;1-3-2. The Morgan fingerprint density at radius 1 is 1.75 bits per heavy atom. The van der Waals surface area contributed by atoms with Crippen LogP contribution in [-0.4, -0.2) is 0 Å². The molecule has 0 saturated heterocycles. The van der Waals surface area contributed by atoms with Crippen LogP contribution in [0.4, 0.5) is 0 Å². The van der Waals surface area contributed by atoms with Crippen LogP contribution in [0, 0.1) is 9.71 Å². The third-order valence-corrected chi connectivity index (χ3v) is 0. The van der Waals surface area contributed by atoms with Gasteiger partial charge in [0.25, 0.3) is 0 Å². The molecule has 0 atom stereocenters. The molecule has 0 fully saturated rings. The van der Waals surface area contributed by atoms with E-state index in [0.29, 0.717) is 0 Å². The molecule has 4 heavy (non-hydrogen) atoms. The molecular weight excluding hydrogens is 112 g/mol. The molecule has 0 aromatic carbocycles. The van der Waals surface area contributed by atoms with Gasteiger partial charge in [-0.25, -0.2) is 0 Å². The minimum absolute atomic E-state index is 0. The van der Waals surface area contributed by atoms with Crippen molar-refractivity contribution in [3.63, 3.8) is 0 Å². The second-order valence-electron chi connectivity index (χ2n) is 0.0680. The van der Waals surface area contributed by atoms with Crippen molar-refractivity contribution in [2.45, 2.75) is 0 Å². The van der Waals surface area contributed by atoms with Crippen LogP contribution in [0.3, 0.4) is 0 Å². The van der Waals surface area contributed by atoms with Gasteiger partial charge in [-0.15, -0.1) is 0 Å². The topological polar surface area (TPSA) is 51.4 Å². The van der Waals surface area contributed by atoms with Crippen molar-refractivity contribution >= 4 is 0 Å². The molecule has 0 saturated carbocycles. The SMILES string of the molecule is O=[O+][O-].[Cu]. The van der Waals surface area contributed by atoms with Crippen molar-refractivity contribution in [1.29, 1.82) is 0 Å². The van der Waals surface area contributed by atoms with Crippen LogP contribution >= 0.6 is 0 Å². The minimum Gasteiger partial charge on any atom is -0.0772 e. The van der Waals surface area contributed by atoms with Crippen LogP contribution in [-0.2, 0) is 17.1 Å². The fourth-order valence-corrected chi connectivity index (χ4v) is 0. The third kappa shape index (κ3) is 250. The maximum Gasteiger partial charge on any atom is 0.154 e. The van der Waals surface area contributed by atoms with Crippen LogP contribution in [0.1, 0.15) is 0 Å². The second kappa shape index (κ2) is 12.7. The van der Waals surface area contributed by atoms with Gasteiger partial charge in [0.1, 0.15) is 0 Å². The molecule has 0 aromatic heterocycles. The Bertz CT molecular complexity index is 10.8. The van der Waals surface area contributed by atoms with Crippen molar-refractivity contribution in [3.05, 3.63) is 9.71 Å². The van der Waals surface area contributed by atoms with Gasteiger partial charge in [-0.3, -0.25) is 0 Å². The molecule has 29 valence electrons. The molecule has 0 aliphatic heterocycles. The molecular formula is CuO3. The first-order valence-electron chi connectivity index (χ1n) is 0.333. The van der Waals surface area contributed by atoms with Crippen molar-refractivity contribution in [2.75, 3.05) is 0 Å². The van der Waals surface area contributed by atoms with E-state index in [-0.39, 0.29) is 17.1 Å². The first kappa shape index (κ1) is 9.07. The van der Waals surface area contributed by atoms with E-state index in [0.717, 1.165) is 0 Å². The van der Waals surface area contributed by atoms with Gasteiger partial charge in [0.2, 0.25) is 0 Å². The first-order chi connectivity index (χ1) is 1.41. The Hall–Kier alpha value is -0.0805. The molecule has 0 heterocycles. The summed E-state index contributed by atoms with van der Waals surface area (Å²) in [5.41, 5.74) is 0. The third-order valence-electron chi connectivity index (χ3n) is 0. The largest absolute Gasteiger partial charge is 0.154 e. The fourth-order valence-electron chi connectivity index (χ4n) is 0. The first-order valence-corrected chi connectivity index (χ1v) is 0.333. The summed E-state index contributed by atoms with van der Waals surface area (Å²) in [5, 5.41) is 7.88. The molecule has 0 aromatic rings. The molecule has 1 radical (unpaired) electrons. The molecule has 0 rings (SSSR count). The molecule has 0 N–H and O–H groups in total. The number of hydrogen-bond donors (Lipinski definition) is 0. The second-order valence-corrected chi connectivity index (χ2v) is 0.0680. The predicted octanol–water partition coefficient (Wildman–Crippen LogP) is -1.12. The van der Waals surface area contributed by atoms with E-state index in [1.165, 1.54) is 0 Å². The smallest absolute Gasteiger partial charge is 0.0772 e. The van der Waals surface area contributed by atoms with E-state index < -0.39 is 0 Å². The van der Waals surface area contributed by atoms with Crippen LogP contribution in [0.2, 0.25) is 0 Å². The molecule has 0 aliphatic rings. The number of rotatable bonds is 0. The van der Waals surface area contributed by atoms with Crippen molar-refractivity contribution in [1.82, 2.24) is 0 Å². The molecule has 0 bridgehead atoms. The summed E-state index contributed by atoms with van der Waals surface area (Å²) in [6.45, 7) is 0. The van der Waals surface area contributed by atoms with E-state index in [4.69, 9.17) is 10.2 Å². The van der Waals surface area contributed by atoms with E-state index in [2.05, 4.69) is 0 Å². The summed E-state index contributed by atoms with van der Waals surface area (Å²) < 4.78 is 1.75. The summed E-state index contributed by atoms with van der Waals surface area (Å²) in [4.78, 5) is 7.88. The summed E-state index contributed by atoms with van der Waals surface area (Å²) in [5.74, 6) is 0. The van der Waals surface area contributed by atoms with Gasteiger partial charge in [-0.1, -0.05) is 10.2 Å². The Labute approximate surface area is 32.9 Å². The Morgan fingerprint density at radius 2 is 1.75 bits per heavy atom. The zero-order valence-corrected chi connectivity index (χ0v) is 2.47. The van der Waals surface area contributed by atoms with Gasteiger partial charge >= 0.3 is 0 Å². The van der Waals surface area contributed by atoms with E-state index in [1.807, 2.05) is 0 Å². The predicted molar refractivity (Wildman–Crippen MR) is 6.73 cm³/mol. The van der Waals surface area contributed by atoms with Crippen LogP contribution < -0.4 is 5.26 Å². The zero-order valence-electron chi connectivity index (χ0n) is 1.53. The van der Waals surface area contributed by atoms with Crippen LogP contribution in [0.15, 0.2) is 0 Å². The minimum atomic E-state index is 0. The maximum absolute atomic E-state index is 7.88. The van der Waals surface area contributed by atoms with Gasteiger partial charge in [-0.2, -0.15) is 0 Å². The monoisotopic (exact) mass is 111 g/mol. The molecule has 3 nitrogen and oxygen atoms in total. The quantitative estimate of drug-likeness (QED) is 0.172. The molecule has 0 unspecified atom stereocenters. The molecule has 0 spiro atoms. The number of hydrogen-bond acceptors (Lipinski definition) is 2. The van der Waals surface area contributed by atoms with E-state index in [1.54, 1.807) is 4.75 Å². The van der Waals surface area contributed by atoms with Crippen LogP contribution in [0.25, 0.3) is 0 Å². The maximum atomic E-state index is 7.88. The van der Waals surface area contributed by atoms with Crippen molar-refractivity contribution in [2.24, 2.45) is 0 Å². The van der Waals surface area contributed by atoms with E-state index >= 15 is 0 Å². The Kier molecular flexibility index (Phi) is 28.8. The molecule has 4 heteroatoms. The molecule has 0 aliphatic carbocycles. The molecule has 0 amide bonds. The Balaban J connectivity index is 0. The van der Waals surface area contributed by atoms with Gasteiger partial charge < -0.3 is 0 Å². The average molecular weight is 112 g/mol. The van der Waals surface area contributed by atoms with Crippen molar-refractivity contribution < 1.29 is 22.3 Å². The summed E-state index contributed by atoms with van der Waals surface area (Å²) in [6.07, 6.45) is 0. The van der Waals surface area contributed by atoms with Gasteiger partial charge in [-0.05, 0) is 0 Å². The van der Waals surface area contributed by atoms with Gasteiger partial charge in [0, 0.05) is 17.1 Å². The fraction of sp³-hybridized carbons (Fsp3) is 0. The summed E-state index contributed by atoms with van der Waals surface area (Å²) >= 11 is 0. The normalized spacial score (nSPS) is 3.00. The van der Waals surface area contributed by atoms with Gasteiger partial charge in [0.15, 0.2) is 4.75 Å². The Morgan fingerprint density at radius 3 is 1.75 bits per heavy atom. The summed E-state index contributed by atoms with van der Waals surface area (Å²) in [6, 6.07) is 0. The van der Waals surface area contributed by atoms with Crippen molar-refractivity contribution in [3.8, 4) is 0 Å². The van der Waals surface area contributed by atoms with E-state index in [9.17, 15) is 0 Å².